The molecule has 6 nitrogen and oxygen atoms in total. The molecule has 1 aliphatic heterocycles. The maximum Gasteiger partial charge on any atom is 0.254 e. The number of thiophene rings is 1. The van der Waals surface area contributed by atoms with Crippen LogP contribution in [0.15, 0.2) is 60.0 Å². The van der Waals surface area contributed by atoms with Crippen LogP contribution in [0.4, 0.5) is 0 Å². The van der Waals surface area contributed by atoms with Crippen LogP contribution in [0.2, 0.25) is 0 Å². The molecular formula is C30H36N2O4S. The Balaban J connectivity index is 1.58. The van der Waals surface area contributed by atoms with E-state index in [4.69, 9.17) is 9.47 Å². The Kier molecular flexibility index (Phi) is 8.87. The zero-order valence-electron chi connectivity index (χ0n) is 22.0. The van der Waals surface area contributed by atoms with E-state index in [0.29, 0.717) is 38.3 Å². The molecule has 2 aromatic carbocycles. The van der Waals surface area contributed by atoms with Crippen LogP contribution in [0.1, 0.15) is 66.0 Å². The lowest BCUT2D eigenvalue weighted by Gasteiger charge is -2.42. The largest absolute Gasteiger partial charge is 0.490 e. The van der Waals surface area contributed by atoms with Crippen LogP contribution in [0.25, 0.3) is 0 Å². The summed E-state index contributed by atoms with van der Waals surface area (Å²) in [7, 11) is 0. The zero-order valence-corrected chi connectivity index (χ0v) is 22.8. The molecule has 0 saturated carbocycles. The fraction of sp³-hybridized carbons (Fsp3) is 0.400. The number of carbonyl (C=O) groups is 2. The van der Waals surface area contributed by atoms with E-state index in [2.05, 4.69) is 19.2 Å². The molecule has 2 heterocycles. The summed E-state index contributed by atoms with van der Waals surface area (Å²) in [6.45, 7) is 10.3. The molecule has 0 radical (unpaired) electrons. The molecule has 1 aromatic heterocycles. The lowest BCUT2D eigenvalue weighted by Crippen LogP contribution is -2.48. The molecule has 3 aromatic rings. The van der Waals surface area contributed by atoms with Crippen LogP contribution in [-0.2, 0) is 11.2 Å². The molecule has 37 heavy (non-hydrogen) atoms. The molecule has 0 aliphatic carbocycles. The molecule has 0 spiro atoms. The van der Waals surface area contributed by atoms with E-state index in [1.54, 1.807) is 11.3 Å². The number of ether oxygens (including phenoxy) is 2. The minimum Gasteiger partial charge on any atom is -0.490 e. The van der Waals surface area contributed by atoms with Gasteiger partial charge >= 0.3 is 0 Å². The second kappa shape index (κ2) is 12.3. The average Bonchev–Trinajstić information content (AvgIpc) is 3.41. The van der Waals surface area contributed by atoms with Gasteiger partial charge in [0.25, 0.3) is 5.91 Å². The van der Waals surface area contributed by atoms with Gasteiger partial charge in [-0.2, -0.15) is 0 Å². The standard InChI is InChI=1S/C30H36N2O4S/c1-5-35-24-14-13-21(18-25(24)36-6-2)15-16-31-29(33)27-22-10-7-8-11-23(22)30(34)32(19-20(3)4)28(27)26-12-9-17-37-26/h7-14,17-18,20,27-28H,5-6,15-16,19H2,1-4H3,(H,31,33). The van der Waals surface area contributed by atoms with Gasteiger partial charge in [-0.3, -0.25) is 9.59 Å². The van der Waals surface area contributed by atoms with E-state index < -0.39 is 5.92 Å². The summed E-state index contributed by atoms with van der Waals surface area (Å²) in [4.78, 5) is 30.3. The van der Waals surface area contributed by atoms with E-state index in [1.807, 2.05) is 78.7 Å². The molecule has 1 N–H and O–H groups in total. The topological polar surface area (TPSA) is 67.9 Å². The molecule has 0 fully saturated rings. The number of benzene rings is 2. The Morgan fingerprint density at radius 2 is 1.78 bits per heavy atom. The molecule has 4 rings (SSSR count). The summed E-state index contributed by atoms with van der Waals surface area (Å²) in [6, 6.07) is 17.1. The number of nitrogens with one attached hydrogen (secondary N) is 1. The smallest absolute Gasteiger partial charge is 0.254 e. The first kappa shape index (κ1) is 26.7. The van der Waals surface area contributed by atoms with E-state index in [0.717, 1.165) is 27.5 Å². The van der Waals surface area contributed by atoms with Crippen molar-refractivity contribution in [1.82, 2.24) is 10.2 Å². The third-order valence-electron chi connectivity index (χ3n) is 6.44. The number of fused-ring (bicyclic) bond motifs is 1. The van der Waals surface area contributed by atoms with Crippen molar-refractivity contribution in [2.45, 2.75) is 46.1 Å². The highest BCUT2D eigenvalue weighted by atomic mass is 32.1. The van der Waals surface area contributed by atoms with Crippen molar-refractivity contribution < 1.29 is 19.1 Å². The molecule has 2 unspecified atom stereocenters. The van der Waals surface area contributed by atoms with Crippen LogP contribution in [0.5, 0.6) is 11.5 Å². The van der Waals surface area contributed by atoms with Gasteiger partial charge in [-0.15, -0.1) is 11.3 Å². The van der Waals surface area contributed by atoms with Crippen molar-refractivity contribution in [3.05, 3.63) is 81.5 Å². The summed E-state index contributed by atoms with van der Waals surface area (Å²) < 4.78 is 11.4. The predicted molar refractivity (Wildman–Crippen MR) is 148 cm³/mol. The molecular weight excluding hydrogens is 484 g/mol. The monoisotopic (exact) mass is 520 g/mol. The summed E-state index contributed by atoms with van der Waals surface area (Å²) in [5, 5.41) is 5.17. The van der Waals surface area contributed by atoms with Crippen molar-refractivity contribution in [3.8, 4) is 11.5 Å². The Bertz CT molecular complexity index is 1210. The number of hydrogen-bond donors (Lipinski definition) is 1. The third-order valence-corrected chi connectivity index (χ3v) is 7.38. The first-order chi connectivity index (χ1) is 17.9. The molecule has 0 saturated heterocycles. The Morgan fingerprint density at radius 1 is 1.03 bits per heavy atom. The Morgan fingerprint density at radius 3 is 2.49 bits per heavy atom. The lowest BCUT2D eigenvalue weighted by molar-refractivity contribution is -0.124. The lowest BCUT2D eigenvalue weighted by atomic mass is 9.81. The van der Waals surface area contributed by atoms with Crippen molar-refractivity contribution in [1.29, 1.82) is 0 Å². The van der Waals surface area contributed by atoms with Crippen molar-refractivity contribution in [2.24, 2.45) is 5.92 Å². The molecule has 0 bridgehead atoms. The fourth-order valence-corrected chi connectivity index (χ4v) is 5.81. The van der Waals surface area contributed by atoms with Gasteiger partial charge in [0.1, 0.15) is 0 Å². The van der Waals surface area contributed by atoms with Crippen molar-refractivity contribution in [2.75, 3.05) is 26.3 Å². The van der Waals surface area contributed by atoms with Gasteiger partial charge < -0.3 is 19.7 Å². The number of nitrogens with zero attached hydrogens (tertiary/aromatic N) is 1. The first-order valence-corrected chi connectivity index (χ1v) is 13.9. The third kappa shape index (κ3) is 5.99. The SMILES string of the molecule is CCOc1ccc(CCNC(=O)C2c3ccccc3C(=O)N(CC(C)C)C2c2cccs2)cc1OCC. The number of carbonyl (C=O) groups excluding carboxylic acids is 2. The van der Waals surface area contributed by atoms with Gasteiger partial charge in [-0.05, 0) is 67.0 Å². The fourth-order valence-electron chi connectivity index (χ4n) is 4.94. The van der Waals surface area contributed by atoms with E-state index in [1.165, 1.54) is 0 Å². The van der Waals surface area contributed by atoms with Crippen LogP contribution in [0, 0.1) is 5.92 Å². The maximum absolute atomic E-state index is 13.8. The van der Waals surface area contributed by atoms with Crippen LogP contribution in [-0.4, -0.2) is 43.0 Å². The Labute approximate surface area is 223 Å². The summed E-state index contributed by atoms with van der Waals surface area (Å²) in [5.41, 5.74) is 2.47. The van der Waals surface area contributed by atoms with Gasteiger partial charge in [-0.1, -0.05) is 44.2 Å². The summed E-state index contributed by atoms with van der Waals surface area (Å²) >= 11 is 1.59. The van der Waals surface area contributed by atoms with Gasteiger partial charge in [-0.25, -0.2) is 0 Å². The van der Waals surface area contributed by atoms with E-state index >= 15 is 0 Å². The van der Waals surface area contributed by atoms with Crippen molar-refractivity contribution >= 4 is 23.2 Å². The highest BCUT2D eigenvalue weighted by molar-refractivity contribution is 7.10. The normalized spacial score (nSPS) is 17.0. The summed E-state index contributed by atoms with van der Waals surface area (Å²) in [6.07, 6.45) is 0.658. The molecule has 1 aliphatic rings. The van der Waals surface area contributed by atoms with Gasteiger partial charge in [0.05, 0.1) is 25.2 Å². The molecule has 7 heteroatoms. The highest BCUT2D eigenvalue weighted by Gasteiger charge is 2.44. The number of rotatable bonds is 11. The summed E-state index contributed by atoms with van der Waals surface area (Å²) in [5.74, 6) is 1.16. The first-order valence-electron chi connectivity index (χ1n) is 13.0. The number of amides is 2. The quantitative estimate of drug-likeness (QED) is 0.345. The van der Waals surface area contributed by atoms with Crippen LogP contribution < -0.4 is 14.8 Å². The van der Waals surface area contributed by atoms with Gasteiger partial charge in [0.15, 0.2) is 11.5 Å². The maximum atomic E-state index is 13.8. The molecule has 2 amide bonds. The second-order valence-corrected chi connectivity index (χ2v) is 10.5. The van der Waals surface area contributed by atoms with E-state index in [-0.39, 0.29) is 23.8 Å². The van der Waals surface area contributed by atoms with Crippen molar-refractivity contribution in [3.63, 3.8) is 0 Å². The van der Waals surface area contributed by atoms with Crippen LogP contribution >= 0.6 is 11.3 Å². The minimum atomic E-state index is -0.481. The number of hydrogen-bond acceptors (Lipinski definition) is 5. The minimum absolute atomic E-state index is 0.00964. The Hall–Kier alpha value is -3.32. The second-order valence-electron chi connectivity index (χ2n) is 9.56. The van der Waals surface area contributed by atoms with Gasteiger partial charge in [0, 0.05) is 23.5 Å². The van der Waals surface area contributed by atoms with Gasteiger partial charge in [0.2, 0.25) is 5.91 Å². The van der Waals surface area contributed by atoms with E-state index in [9.17, 15) is 9.59 Å². The predicted octanol–water partition coefficient (Wildman–Crippen LogP) is 5.84. The highest BCUT2D eigenvalue weighted by Crippen LogP contribution is 2.44. The average molecular weight is 521 g/mol. The zero-order chi connectivity index (χ0) is 26.4. The molecule has 2 atom stereocenters. The molecule has 196 valence electrons. The van der Waals surface area contributed by atoms with Crippen LogP contribution in [0.3, 0.4) is 0 Å².